The van der Waals surface area contributed by atoms with E-state index in [0.29, 0.717) is 17.2 Å². The van der Waals surface area contributed by atoms with Crippen molar-refractivity contribution < 1.29 is 32.2 Å². The quantitative estimate of drug-likeness (QED) is 0.733. The number of anilines is 1. The summed E-state index contributed by atoms with van der Waals surface area (Å²) in [7, 11) is 0. The number of nitriles is 1. The van der Waals surface area contributed by atoms with Gasteiger partial charge >= 0.3 is 6.18 Å². The molecule has 1 aliphatic rings. The maximum Gasteiger partial charge on any atom is 0.422 e. The highest BCUT2D eigenvalue weighted by atomic mass is 19.4. The van der Waals surface area contributed by atoms with Crippen molar-refractivity contribution in [3.8, 4) is 23.3 Å². The molecule has 2 aromatic carbocycles. The van der Waals surface area contributed by atoms with E-state index in [-0.39, 0.29) is 37.1 Å². The van der Waals surface area contributed by atoms with Crippen LogP contribution in [0.5, 0.6) is 17.2 Å². The van der Waals surface area contributed by atoms with E-state index < -0.39 is 12.8 Å². The number of carbonyl (C=O) groups excluding carboxylic acids is 1. The van der Waals surface area contributed by atoms with Crippen LogP contribution in [0.1, 0.15) is 11.1 Å². The predicted octanol–water partition coefficient (Wildman–Crippen LogP) is 2.96. The largest absolute Gasteiger partial charge is 0.483 e. The van der Waals surface area contributed by atoms with Crippen LogP contribution in [-0.4, -0.2) is 32.0 Å². The van der Waals surface area contributed by atoms with E-state index in [2.05, 4.69) is 15.4 Å². The zero-order chi connectivity index (χ0) is 20.9. The summed E-state index contributed by atoms with van der Waals surface area (Å²) in [5.41, 5.74) is 1.17. The van der Waals surface area contributed by atoms with Crippen molar-refractivity contribution in [2.75, 3.05) is 25.3 Å². The summed E-state index contributed by atoms with van der Waals surface area (Å²) in [6.07, 6.45) is -4.50. The Kier molecular flexibility index (Phi) is 5.97. The second-order valence-corrected chi connectivity index (χ2v) is 6.04. The SMILES string of the molecule is N#Cc1cc(NCC(=O)NCc2ccc3c(c2)OCO3)ccc1OCC(F)(F)F. The van der Waals surface area contributed by atoms with Crippen LogP contribution in [0.15, 0.2) is 36.4 Å². The maximum atomic E-state index is 12.2. The van der Waals surface area contributed by atoms with Gasteiger partial charge in [0.2, 0.25) is 12.7 Å². The molecule has 0 atom stereocenters. The average molecular weight is 407 g/mol. The molecule has 0 aromatic heterocycles. The molecule has 0 fully saturated rings. The first kappa shape index (κ1) is 20.1. The first-order chi connectivity index (χ1) is 13.8. The second kappa shape index (κ2) is 8.60. The minimum atomic E-state index is -4.50. The van der Waals surface area contributed by atoms with Gasteiger partial charge in [0, 0.05) is 12.2 Å². The standard InChI is InChI=1S/C19H16F3N3O4/c20-19(21,22)10-27-15-4-2-14(6-13(15)7-23)24-9-18(26)25-8-12-1-3-16-17(5-12)29-11-28-16/h1-6,24H,8-11H2,(H,25,26). The van der Waals surface area contributed by atoms with Crippen molar-refractivity contribution in [3.63, 3.8) is 0 Å². The number of rotatable bonds is 7. The fourth-order valence-electron chi connectivity index (χ4n) is 2.51. The Balaban J connectivity index is 1.50. The summed E-state index contributed by atoms with van der Waals surface area (Å²) in [6.45, 7) is -1.13. The number of fused-ring (bicyclic) bond motifs is 1. The van der Waals surface area contributed by atoms with E-state index in [9.17, 15) is 18.0 Å². The number of halogens is 3. The lowest BCUT2D eigenvalue weighted by Gasteiger charge is -2.12. The minimum Gasteiger partial charge on any atom is -0.483 e. The highest BCUT2D eigenvalue weighted by Crippen LogP contribution is 2.32. The van der Waals surface area contributed by atoms with Crippen molar-refractivity contribution in [1.29, 1.82) is 5.26 Å². The molecule has 1 heterocycles. The molecular formula is C19H16F3N3O4. The minimum absolute atomic E-state index is 0.0694. The Labute approximate surface area is 164 Å². The van der Waals surface area contributed by atoms with Gasteiger partial charge in [-0.05, 0) is 35.9 Å². The molecule has 0 saturated heterocycles. The van der Waals surface area contributed by atoms with Gasteiger partial charge in [0.15, 0.2) is 18.1 Å². The number of nitrogens with zero attached hydrogens (tertiary/aromatic N) is 1. The fraction of sp³-hybridized carbons (Fsp3) is 0.263. The Hall–Kier alpha value is -3.61. The molecule has 0 bridgehead atoms. The van der Waals surface area contributed by atoms with Gasteiger partial charge in [-0.1, -0.05) is 6.07 Å². The highest BCUT2D eigenvalue weighted by Gasteiger charge is 2.28. The molecule has 3 rings (SSSR count). The molecule has 1 amide bonds. The zero-order valence-electron chi connectivity index (χ0n) is 15.0. The summed E-state index contributed by atoms with van der Waals surface area (Å²) < 4.78 is 51.9. The van der Waals surface area contributed by atoms with Gasteiger partial charge in [0.05, 0.1) is 12.1 Å². The maximum absolute atomic E-state index is 12.2. The molecule has 29 heavy (non-hydrogen) atoms. The third-order valence-electron chi connectivity index (χ3n) is 3.87. The van der Waals surface area contributed by atoms with Crippen LogP contribution in [-0.2, 0) is 11.3 Å². The van der Waals surface area contributed by atoms with Gasteiger partial charge in [-0.2, -0.15) is 18.4 Å². The summed E-state index contributed by atoms with van der Waals surface area (Å²) in [5, 5.41) is 14.6. The van der Waals surface area contributed by atoms with Crippen LogP contribution < -0.4 is 24.8 Å². The van der Waals surface area contributed by atoms with Crippen molar-refractivity contribution in [2.45, 2.75) is 12.7 Å². The van der Waals surface area contributed by atoms with Gasteiger partial charge < -0.3 is 24.8 Å². The summed E-state index contributed by atoms with van der Waals surface area (Å²) in [4.78, 5) is 12.0. The van der Waals surface area contributed by atoms with Crippen molar-refractivity contribution in [3.05, 3.63) is 47.5 Å². The number of benzene rings is 2. The van der Waals surface area contributed by atoms with Crippen LogP contribution in [0, 0.1) is 11.3 Å². The van der Waals surface area contributed by atoms with Crippen molar-refractivity contribution in [1.82, 2.24) is 5.32 Å². The second-order valence-electron chi connectivity index (χ2n) is 6.04. The molecule has 7 nitrogen and oxygen atoms in total. The van der Waals surface area contributed by atoms with E-state index in [1.54, 1.807) is 24.3 Å². The molecule has 2 aromatic rings. The van der Waals surface area contributed by atoms with E-state index >= 15 is 0 Å². The first-order valence-electron chi connectivity index (χ1n) is 8.47. The first-order valence-corrected chi connectivity index (χ1v) is 8.47. The van der Waals surface area contributed by atoms with Gasteiger partial charge in [-0.25, -0.2) is 0 Å². The fourth-order valence-corrected chi connectivity index (χ4v) is 2.51. The van der Waals surface area contributed by atoms with Crippen LogP contribution in [0.4, 0.5) is 18.9 Å². The van der Waals surface area contributed by atoms with Crippen LogP contribution in [0.3, 0.4) is 0 Å². The molecule has 2 N–H and O–H groups in total. The Bertz CT molecular complexity index is 941. The number of amides is 1. The third kappa shape index (κ3) is 5.68. The van der Waals surface area contributed by atoms with Gasteiger partial charge in [0.1, 0.15) is 11.8 Å². The van der Waals surface area contributed by atoms with E-state index in [4.69, 9.17) is 14.7 Å². The highest BCUT2D eigenvalue weighted by molar-refractivity contribution is 5.80. The molecule has 0 spiro atoms. The molecule has 0 saturated carbocycles. The number of ether oxygens (including phenoxy) is 3. The molecule has 152 valence electrons. The predicted molar refractivity (Wildman–Crippen MR) is 95.6 cm³/mol. The lowest BCUT2D eigenvalue weighted by Crippen LogP contribution is -2.29. The van der Waals surface area contributed by atoms with E-state index in [0.717, 1.165) is 5.56 Å². The van der Waals surface area contributed by atoms with Crippen LogP contribution in [0.25, 0.3) is 0 Å². The lowest BCUT2D eigenvalue weighted by molar-refractivity contribution is -0.153. The number of nitrogens with one attached hydrogen (secondary N) is 2. The normalized spacial score (nSPS) is 12.2. The summed E-state index contributed by atoms with van der Waals surface area (Å²) >= 11 is 0. The Morgan fingerprint density at radius 3 is 2.72 bits per heavy atom. The number of carbonyl (C=O) groups is 1. The smallest absolute Gasteiger partial charge is 0.422 e. The topological polar surface area (TPSA) is 92.6 Å². The van der Waals surface area contributed by atoms with Crippen molar-refractivity contribution in [2.24, 2.45) is 0 Å². The Morgan fingerprint density at radius 2 is 1.97 bits per heavy atom. The molecular weight excluding hydrogens is 391 g/mol. The molecule has 0 radical (unpaired) electrons. The van der Waals surface area contributed by atoms with E-state index in [1.807, 2.05) is 0 Å². The number of hydrogen-bond acceptors (Lipinski definition) is 6. The van der Waals surface area contributed by atoms with Crippen LogP contribution in [0.2, 0.25) is 0 Å². The Morgan fingerprint density at radius 1 is 1.17 bits per heavy atom. The zero-order valence-corrected chi connectivity index (χ0v) is 15.0. The summed E-state index contributed by atoms with van der Waals surface area (Å²) in [5.74, 6) is 0.783. The van der Waals surface area contributed by atoms with Gasteiger partial charge in [-0.3, -0.25) is 4.79 Å². The van der Waals surface area contributed by atoms with Gasteiger partial charge in [-0.15, -0.1) is 0 Å². The third-order valence-corrected chi connectivity index (χ3v) is 3.87. The number of alkyl halides is 3. The summed E-state index contributed by atoms with van der Waals surface area (Å²) in [6, 6.07) is 11.1. The number of hydrogen-bond donors (Lipinski definition) is 2. The monoisotopic (exact) mass is 407 g/mol. The molecule has 1 aliphatic heterocycles. The van der Waals surface area contributed by atoms with Crippen LogP contribution >= 0.6 is 0 Å². The van der Waals surface area contributed by atoms with Crippen molar-refractivity contribution >= 4 is 11.6 Å². The van der Waals surface area contributed by atoms with E-state index in [1.165, 1.54) is 18.2 Å². The lowest BCUT2D eigenvalue weighted by atomic mass is 10.2. The molecule has 0 aliphatic carbocycles. The average Bonchev–Trinajstić information content (AvgIpc) is 3.16. The van der Waals surface area contributed by atoms with Gasteiger partial charge in [0.25, 0.3) is 0 Å². The molecule has 10 heteroatoms. The molecule has 0 unspecified atom stereocenters.